The third-order valence-corrected chi connectivity index (χ3v) is 5.13. The molecule has 0 saturated carbocycles. The second kappa shape index (κ2) is 8.03. The van der Waals surface area contributed by atoms with Gasteiger partial charge in [-0.2, -0.15) is 0 Å². The topological polar surface area (TPSA) is 27.1 Å². The van der Waals surface area contributed by atoms with Gasteiger partial charge in [0.15, 0.2) is 0 Å². The second-order valence-corrected chi connectivity index (χ2v) is 7.03. The lowest BCUT2D eigenvalue weighted by Gasteiger charge is -2.12. The van der Waals surface area contributed by atoms with E-state index in [-0.39, 0.29) is 0 Å². The number of para-hydroxylation sites is 3. The lowest BCUT2D eigenvalue weighted by molar-refractivity contribution is 0.298. The number of imidazole rings is 1. The Balaban J connectivity index is 1.60. The number of hydrogen-bond donors (Lipinski definition) is 0. The Bertz CT molecular complexity index is 1070. The number of fused-ring (bicyclic) bond motifs is 1. The van der Waals surface area contributed by atoms with Crippen molar-refractivity contribution in [3.05, 3.63) is 94.2 Å². The molecular formula is C22H18Cl2N2O. The molecule has 0 spiro atoms. The van der Waals surface area contributed by atoms with Crippen LogP contribution in [-0.2, 0) is 13.0 Å². The molecule has 136 valence electrons. The zero-order valence-corrected chi connectivity index (χ0v) is 16.1. The molecule has 3 nitrogen and oxygen atoms in total. The summed E-state index contributed by atoms with van der Waals surface area (Å²) in [5.41, 5.74) is 3.11. The number of nitrogens with zero attached hydrogens (tertiary/aromatic N) is 2. The predicted molar refractivity (Wildman–Crippen MR) is 111 cm³/mol. The van der Waals surface area contributed by atoms with Crippen LogP contribution in [0.25, 0.3) is 11.0 Å². The van der Waals surface area contributed by atoms with Crippen molar-refractivity contribution < 1.29 is 4.74 Å². The molecule has 1 aromatic heterocycles. The highest BCUT2D eigenvalue weighted by Gasteiger charge is 2.12. The van der Waals surface area contributed by atoms with Crippen molar-refractivity contribution in [1.29, 1.82) is 0 Å². The van der Waals surface area contributed by atoms with E-state index < -0.39 is 0 Å². The van der Waals surface area contributed by atoms with Crippen LogP contribution in [-0.4, -0.2) is 16.2 Å². The molecule has 27 heavy (non-hydrogen) atoms. The lowest BCUT2D eigenvalue weighted by Crippen LogP contribution is -2.12. The number of halogens is 2. The van der Waals surface area contributed by atoms with Gasteiger partial charge in [-0.3, -0.25) is 0 Å². The van der Waals surface area contributed by atoms with E-state index in [1.54, 1.807) is 0 Å². The molecule has 4 aromatic rings. The van der Waals surface area contributed by atoms with Gasteiger partial charge in [-0.25, -0.2) is 4.98 Å². The van der Waals surface area contributed by atoms with Crippen molar-refractivity contribution in [3.8, 4) is 5.75 Å². The highest BCUT2D eigenvalue weighted by atomic mass is 35.5. The standard InChI is InChI=1S/C22H18Cl2N2O/c23-17-8-2-1-7-16(17)15-22-25-19-10-4-5-11-20(19)26(22)13-14-27-21-12-6-3-9-18(21)24/h1-12H,13-15H2. The van der Waals surface area contributed by atoms with Gasteiger partial charge >= 0.3 is 0 Å². The van der Waals surface area contributed by atoms with E-state index in [9.17, 15) is 0 Å². The zero-order chi connectivity index (χ0) is 18.6. The smallest absolute Gasteiger partial charge is 0.137 e. The van der Waals surface area contributed by atoms with Gasteiger partial charge in [-0.1, -0.05) is 65.7 Å². The highest BCUT2D eigenvalue weighted by Crippen LogP contribution is 2.25. The van der Waals surface area contributed by atoms with Crippen molar-refractivity contribution in [2.45, 2.75) is 13.0 Å². The average molecular weight is 397 g/mol. The third-order valence-electron chi connectivity index (χ3n) is 4.45. The van der Waals surface area contributed by atoms with Gasteiger partial charge in [0.1, 0.15) is 18.2 Å². The maximum absolute atomic E-state index is 6.35. The van der Waals surface area contributed by atoms with Gasteiger partial charge in [0.25, 0.3) is 0 Å². The fraction of sp³-hybridized carbons (Fsp3) is 0.136. The van der Waals surface area contributed by atoms with E-state index in [4.69, 9.17) is 32.9 Å². The van der Waals surface area contributed by atoms with Crippen LogP contribution in [0.1, 0.15) is 11.4 Å². The van der Waals surface area contributed by atoms with Gasteiger partial charge < -0.3 is 9.30 Å². The summed E-state index contributed by atoms with van der Waals surface area (Å²) >= 11 is 12.5. The van der Waals surface area contributed by atoms with Gasteiger partial charge in [0.05, 0.1) is 22.6 Å². The Hall–Kier alpha value is -2.49. The molecule has 0 amide bonds. The molecule has 4 rings (SSSR count). The van der Waals surface area contributed by atoms with Crippen molar-refractivity contribution in [2.24, 2.45) is 0 Å². The minimum Gasteiger partial charge on any atom is -0.490 e. The maximum atomic E-state index is 6.35. The summed E-state index contributed by atoms with van der Waals surface area (Å²) in [7, 11) is 0. The molecule has 0 bridgehead atoms. The first-order valence-electron chi connectivity index (χ1n) is 8.77. The van der Waals surface area contributed by atoms with Gasteiger partial charge in [-0.05, 0) is 35.9 Å². The van der Waals surface area contributed by atoms with Crippen LogP contribution >= 0.6 is 23.2 Å². The van der Waals surface area contributed by atoms with Crippen LogP contribution in [0.5, 0.6) is 5.75 Å². The monoisotopic (exact) mass is 396 g/mol. The molecule has 0 atom stereocenters. The molecule has 0 unspecified atom stereocenters. The quantitative estimate of drug-likeness (QED) is 0.398. The molecule has 0 aliphatic carbocycles. The molecule has 0 fully saturated rings. The summed E-state index contributed by atoms with van der Waals surface area (Å²) < 4.78 is 8.07. The van der Waals surface area contributed by atoms with Crippen LogP contribution in [0.3, 0.4) is 0 Å². The molecule has 0 radical (unpaired) electrons. The van der Waals surface area contributed by atoms with Crippen molar-refractivity contribution in [1.82, 2.24) is 9.55 Å². The molecule has 3 aromatic carbocycles. The number of benzene rings is 3. The van der Waals surface area contributed by atoms with E-state index in [0.717, 1.165) is 27.4 Å². The Morgan fingerprint density at radius 1 is 0.815 bits per heavy atom. The lowest BCUT2D eigenvalue weighted by atomic mass is 10.1. The van der Waals surface area contributed by atoms with E-state index >= 15 is 0 Å². The van der Waals surface area contributed by atoms with Gasteiger partial charge in [0.2, 0.25) is 0 Å². The molecule has 1 heterocycles. The molecule has 5 heteroatoms. The molecule has 0 aliphatic heterocycles. The summed E-state index contributed by atoms with van der Waals surface area (Å²) in [5, 5.41) is 1.37. The first-order chi connectivity index (χ1) is 13.2. The minimum atomic E-state index is 0.500. The van der Waals surface area contributed by atoms with Crippen LogP contribution in [0, 0.1) is 0 Å². The van der Waals surface area contributed by atoms with Gasteiger partial charge in [0, 0.05) is 11.4 Å². The fourth-order valence-corrected chi connectivity index (χ4v) is 3.52. The van der Waals surface area contributed by atoms with E-state index in [1.807, 2.05) is 66.7 Å². The first-order valence-corrected chi connectivity index (χ1v) is 9.53. The summed E-state index contributed by atoms with van der Waals surface area (Å²) in [6, 6.07) is 23.5. The predicted octanol–water partition coefficient (Wildman–Crippen LogP) is 6.01. The molecule has 0 saturated heterocycles. The summed E-state index contributed by atoms with van der Waals surface area (Å²) in [5.74, 6) is 1.66. The summed E-state index contributed by atoms with van der Waals surface area (Å²) in [6.07, 6.45) is 0.667. The number of aromatic nitrogens is 2. The number of rotatable bonds is 6. The minimum absolute atomic E-state index is 0.500. The highest BCUT2D eigenvalue weighted by molar-refractivity contribution is 6.32. The summed E-state index contributed by atoms with van der Waals surface area (Å²) in [4.78, 5) is 4.81. The largest absolute Gasteiger partial charge is 0.490 e. The zero-order valence-electron chi connectivity index (χ0n) is 14.6. The Kier molecular flexibility index (Phi) is 5.33. The molecular weight excluding hydrogens is 379 g/mol. The van der Waals surface area contributed by atoms with Crippen molar-refractivity contribution in [3.63, 3.8) is 0 Å². The van der Waals surface area contributed by atoms with E-state index in [2.05, 4.69) is 10.6 Å². The third kappa shape index (κ3) is 3.95. The van der Waals surface area contributed by atoms with Crippen molar-refractivity contribution >= 4 is 34.2 Å². The SMILES string of the molecule is Clc1ccccc1Cc1nc2ccccc2n1CCOc1ccccc1Cl. The Morgan fingerprint density at radius 2 is 1.52 bits per heavy atom. The number of ether oxygens (including phenoxy) is 1. The maximum Gasteiger partial charge on any atom is 0.137 e. The summed E-state index contributed by atoms with van der Waals surface area (Å²) in [6.45, 7) is 1.17. The van der Waals surface area contributed by atoms with Crippen LogP contribution < -0.4 is 4.74 Å². The molecule has 0 aliphatic rings. The Morgan fingerprint density at radius 3 is 2.33 bits per heavy atom. The van der Waals surface area contributed by atoms with E-state index in [1.165, 1.54) is 0 Å². The van der Waals surface area contributed by atoms with Crippen LogP contribution in [0.2, 0.25) is 10.0 Å². The van der Waals surface area contributed by atoms with Crippen LogP contribution in [0.4, 0.5) is 0 Å². The fourth-order valence-electron chi connectivity index (χ4n) is 3.13. The normalized spacial score (nSPS) is 11.0. The second-order valence-electron chi connectivity index (χ2n) is 6.22. The van der Waals surface area contributed by atoms with Crippen LogP contribution in [0.15, 0.2) is 72.8 Å². The molecule has 0 N–H and O–H groups in total. The van der Waals surface area contributed by atoms with Gasteiger partial charge in [-0.15, -0.1) is 0 Å². The number of hydrogen-bond acceptors (Lipinski definition) is 2. The average Bonchev–Trinajstić information content (AvgIpc) is 3.02. The van der Waals surface area contributed by atoms with E-state index in [0.29, 0.717) is 30.3 Å². The first kappa shape index (κ1) is 17.9. The van der Waals surface area contributed by atoms with Crippen molar-refractivity contribution in [2.75, 3.05) is 6.61 Å². The Labute approximate surface area is 168 Å².